The van der Waals surface area contributed by atoms with Crippen LogP contribution in [0, 0.1) is 0 Å². The molecule has 0 amide bonds. The van der Waals surface area contributed by atoms with E-state index in [4.69, 9.17) is 9.97 Å². The van der Waals surface area contributed by atoms with E-state index in [1.54, 1.807) is 0 Å². The lowest BCUT2D eigenvalue weighted by Crippen LogP contribution is -2.42. The summed E-state index contributed by atoms with van der Waals surface area (Å²) in [4.78, 5) is 15.2. The maximum absolute atomic E-state index is 5.06. The zero-order valence-electron chi connectivity index (χ0n) is 22.2. The molecule has 6 nitrogen and oxygen atoms in total. The summed E-state index contributed by atoms with van der Waals surface area (Å²) in [6.07, 6.45) is 9.84. The zero-order valence-corrected chi connectivity index (χ0v) is 22.2. The molecule has 3 fully saturated rings. The van der Waals surface area contributed by atoms with E-state index in [9.17, 15) is 0 Å². The van der Waals surface area contributed by atoms with Crippen LogP contribution >= 0.6 is 0 Å². The van der Waals surface area contributed by atoms with Crippen molar-refractivity contribution in [2.45, 2.75) is 63.5 Å². The van der Waals surface area contributed by atoms with Crippen molar-refractivity contribution in [3.63, 3.8) is 0 Å². The predicted molar refractivity (Wildman–Crippen MR) is 160 cm³/mol. The fourth-order valence-electron chi connectivity index (χ4n) is 6.76. The van der Waals surface area contributed by atoms with Crippen molar-refractivity contribution in [1.82, 2.24) is 9.97 Å². The van der Waals surface area contributed by atoms with Crippen LogP contribution in [0.25, 0.3) is 21.8 Å². The first-order valence-corrected chi connectivity index (χ1v) is 14.6. The van der Waals surface area contributed by atoms with Crippen LogP contribution < -0.4 is 20.4 Å². The van der Waals surface area contributed by atoms with Gasteiger partial charge in [0.05, 0.1) is 11.0 Å². The quantitative estimate of drug-likeness (QED) is 0.299. The van der Waals surface area contributed by atoms with Gasteiger partial charge in [0.2, 0.25) is 0 Å². The highest BCUT2D eigenvalue weighted by Crippen LogP contribution is 2.34. The van der Waals surface area contributed by atoms with Crippen molar-refractivity contribution in [1.29, 1.82) is 0 Å². The van der Waals surface area contributed by atoms with Crippen molar-refractivity contribution in [3.8, 4) is 0 Å². The Labute approximate surface area is 225 Å². The minimum atomic E-state index is 0.312. The van der Waals surface area contributed by atoms with Crippen LogP contribution in [-0.2, 0) is 0 Å². The molecule has 4 heterocycles. The molecular weight excluding hydrogens is 468 g/mol. The molecule has 0 bridgehead atoms. The number of aromatic nitrogens is 2. The number of nitrogens with one attached hydrogen (secondary N) is 2. The third kappa shape index (κ3) is 4.61. The number of fused-ring (bicyclic) bond motifs is 2. The van der Waals surface area contributed by atoms with Gasteiger partial charge in [-0.15, -0.1) is 0 Å². The largest absolute Gasteiger partial charge is 0.371 e. The molecule has 2 aromatic heterocycles. The molecule has 1 aliphatic carbocycles. The fourth-order valence-corrected chi connectivity index (χ4v) is 6.76. The predicted octanol–water partition coefficient (Wildman–Crippen LogP) is 6.82. The zero-order chi connectivity index (χ0) is 25.3. The van der Waals surface area contributed by atoms with E-state index in [0.29, 0.717) is 12.1 Å². The Morgan fingerprint density at radius 3 is 1.42 bits per heavy atom. The molecule has 2 atom stereocenters. The van der Waals surface area contributed by atoms with E-state index in [1.165, 1.54) is 60.7 Å². The van der Waals surface area contributed by atoms with Gasteiger partial charge >= 0.3 is 0 Å². The fraction of sp³-hybridized carbons (Fsp3) is 0.438. The number of anilines is 4. The Morgan fingerprint density at radius 2 is 0.974 bits per heavy atom. The molecule has 3 aliphatic rings. The maximum Gasteiger partial charge on any atom is 0.129 e. The topological polar surface area (TPSA) is 56.3 Å². The number of benzene rings is 2. The Hall–Kier alpha value is -3.54. The van der Waals surface area contributed by atoms with E-state index >= 15 is 0 Å². The highest BCUT2D eigenvalue weighted by molar-refractivity contribution is 5.94. The summed E-state index contributed by atoms with van der Waals surface area (Å²) >= 11 is 0. The molecule has 2 unspecified atom stereocenters. The minimum absolute atomic E-state index is 0.312. The molecule has 0 spiro atoms. The second kappa shape index (κ2) is 10.3. The van der Waals surface area contributed by atoms with Gasteiger partial charge in [-0.2, -0.15) is 0 Å². The molecule has 7 rings (SSSR count). The van der Waals surface area contributed by atoms with Gasteiger partial charge < -0.3 is 20.4 Å². The Kier molecular flexibility index (Phi) is 6.40. The third-order valence-corrected chi connectivity index (χ3v) is 8.71. The van der Waals surface area contributed by atoms with E-state index in [2.05, 4.69) is 81.1 Å². The van der Waals surface area contributed by atoms with Gasteiger partial charge in [-0.05, 0) is 50.7 Å². The summed E-state index contributed by atoms with van der Waals surface area (Å²) in [6, 6.07) is 22.4. The van der Waals surface area contributed by atoms with E-state index in [-0.39, 0.29) is 0 Å². The highest BCUT2D eigenvalue weighted by Gasteiger charge is 2.27. The smallest absolute Gasteiger partial charge is 0.129 e. The number of nitrogens with zero attached hydrogens (tertiary/aromatic N) is 4. The van der Waals surface area contributed by atoms with Crippen LogP contribution in [0.4, 0.5) is 23.0 Å². The number of para-hydroxylation sites is 2. The van der Waals surface area contributed by atoms with E-state index in [0.717, 1.165) is 61.7 Å². The molecular formula is C32H38N6. The van der Waals surface area contributed by atoms with Crippen molar-refractivity contribution in [3.05, 3.63) is 60.7 Å². The van der Waals surface area contributed by atoms with Gasteiger partial charge in [-0.3, -0.25) is 0 Å². The summed E-state index contributed by atoms with van der Waals surface area (Å²) in [5.41, 5.74) is 4.79. The molecule has 2 aliphatic heterocycles. The lowest BCUT2D eigenvalue weighted by molar-refractivity contribution is 0.422. The molecule has 2 N–H and O–H groups in total. The SMILES string of the molecule is c1ccc2c(N3CCCC3)cc(NC3CCCCC3Nc3cc(N4CCCC4)c4ccccc4n3)nc2c1. The molecule has 4 aromatic rings. The van der Waals surface area contributed by atoms with Crippen LogP contribution in [0.1, 0.15) is 51.4 Å². The van der Waals surface area contributed by atoms with Gasteiger partial charge in [0.25, 0.3) is 0 Å². The molecule has 1 saturated carbocycles. The summed E-state index contributed by atoms with van der Waals surface area (Å²) in [5, 5.41) is 10.3. The van der Waals surface area contributed by atoms with Crippen LogP contribution in [0.3, 0.4) is 0 Å². The molecule has 38 heavy (non-hydrogen) atoms. The summed E-state index contributed by atoms with van der Waals surface area (Å²) in [6.45, 7) is 4.53. The molecule has 6 heteroatoms. The van der Waals surface area contributed by atoms with Crippen LogP contribution in [0.5, 0.6) is 0 Å². The lowest BCUT2D eigenvalue weighted by atomic mass is 9.90. The highest BCUT2D eigenvalue weighted by atomic mass is 15.2. The summed E-state index contributed by atoms with van der Waals surface area (Å²) < 4.78 is 0. The number of hydrogen-bond acceptors (Lipinski definition) is 6. The van der Waals surface area contributed by atoms with Crippen LogP contribution in [0.2, 0.25) is 0 Å². The molecule has 0 radical (unpaired) electrons. The van der Waals surface area contributed by atoms with E-state index in [1.807, 2.05) is 0 Å². The summed E-state index contributed by atoms with van der Waals surface area (Å²) in [7, 11) is 0. The first-order valence-electron chi connectivity index (χ1n) is 14.6. The second-order valence-electron chi connectivity index (χ2n) is 11.3. The normalized spacial score (nSPS) is 21.9. The minimum Gasteiger partial charge on any atom is -0.371 e. The first-order chi connectivity index (χ1) is 18.8. The monoisotopic (exact) mass is 506 g/mol. The van der Waals surface area contributed by atoms with Gasteiger partial charge in [0, 0.05) is 72.5 Å². The van der Waals surface area contributed by atoms with E-state index < -0.39 is 0 Å². The average molecular weight is 507 g/mol. The van der Waals surface area contributed by atoms with Crippen LogP contribution in [-0.4, -0.2) is 48.2 Å². The molecule has 196 valence electrons. The standard InChI is InChI=1S/C32H38N6/c1-3-13-25-23(11-1)29(37-17-7-8-18-37)21-31(33-25)35-27-15-5-6-16-28(27)36-32-22-30(38-19-9-10-20-38)24-12-2-4-14-26(24)34-32/h1-4,11-14,21-22,27-28H,5-10,15-20H2,(H,33,35)(H,34,36). The van der Waals surface area contributed by atoms with Crippen LogP contribution in [0.15, 0.2) is 60.7 Å². The van der Waals surface area contributed by atoms with Crippen molar-refractivity contribution in [2.24, 2.45) is 0 Å². The van der Waals surface area contributed by atoms with Gasteiger partial charge in [-0.25, -0.2) is 9.97 Å². The number of pyridine rings is 2. The second-order valence-corrected chi connectivity index (χ2v) is 11.3. The summed E-state index contributed by atoms with van der Waals surface area (Å²) in [5.74, 6) is 1.99. The lowest BCUT2D eigenvalue weighted by Gasteiger charge is -2.34. The number of rotatable bonds is 6. The van der Waals surface area contributed by atoms with Crippen molar-refractivity contribution < 1.29 is 0 Å². The molecule has 2 saturated heterocycles. The third-order valence-electron chi connectivity index (χ3n) is 8.71. The van der Waals surface area contributed by atoms with Crippen molar-refractivity contribution >= 4 is 44.8 Å². The average Bonchev–Trinajstić information content (AvgIpc) is 3.69. The Bertz CT molecular complexity index is 1310. The van der Waals surface area contributed by atoms with Gasteiger partial charge in [-0.1, -0.05) is 49.2 Å². The number of hydrogen-bond donors (Lipinski definition) is 2. The maximum atomic E-state index is 5.06. The van der Waals surface area contributed by atoms with Gasteiger partial charge in [0.15, 0.2) is 0 Å². The Morgan fingerprint density at radius 1 is 0.553 bits per heavy atom. The van der Waals surface area contributed by atoms with Crippen molar-refractivity contribution in [2.75, 3.05) is 46.6 Å². The molecule has 2 aromatic carbocycles. The first kappa shape index (κ1) is 23.6. The van der Waals surface area contributed by atoms with Gasteiger partial charge in [0.1, 0.15) is 11.6 Å². The Balaban J connectivity index is 1.18.